The second-order valence-electron chi connectivity index (χ2n) is 8.31. The number of halogens is 2. The summed E-state index contributed by atoms with van der Waals surface area (Å²) in [6, 6.07) is 12.8. The fraction of sp³-hybridized carbons (Fsp3) is 0.320. The van der Waals surface area contributed by atoms with Crippen molar-refractivity contribution in [2.24, 2.45) is 5.92 Å². The first kappa shape index (κ1) is 22.6. The van der Waals surface area contributed by atoms with Gasteiger partial charge in [-0.05, 0) is 51.0 Å². The van der Waals surface area contributed by atoms with Gasteiger partial charge in [0.05, 0.1) is 16.9 Å². The minimum Gasteiger partial charge on any atom is -0.352 e. The van der Waals surface area contributed by atoms with E-state index in [9.17, 15) is 18.4 Å². The number of benzene rings is 2. The second kappa shape index (κ2) is 9.52. The summed E-state index contributed by atoms with van der Waals surface area (Å²) < 4.78 is 28.9. The lowest BCUT2D eigenvalue weighted by molar-refractivity contribution is -0.126. The van der Waals surface area contributed by atoms with Crippen molar-refractivity contribution >= 4 is 11.8 Å². The molecule has 3 aromatic rings. The normalized spacial score (nSPS) is 14.4. The zero-order valence-electron chi connectivity index (χ0n) is 18.6. The number of aromatic nitrogens is 2. The Morgan fingerprint density at radius 1 is 1.06 bits per heavy atom. The maximum atomic E-state index is 13.9. The zero-order valence-corrected chi connectivity index (χ0v) is 18.6. The quantitative estimate of drug-likeness (QED) is 0.638. The summed E-state index contributed by atoms with van der Waals surface area (Å²) in [6.07, 6.45) is 0.975. The fourth-order valence-corrected chi connectivity index (χ4v) is 4.25. The van der Waals surface area contributed by atoms with Crippen LogP contribution in [-0.4, -0.2) is 39.6 Å². The minimum atomic E-state index is -0.873. The number of aryl methyl sites for hydroxylation is 1. The molecule has 1 aliphatic rings. The Balaban J connectivity index is 1.34. The van der Waals surface area contributed by atoms with Crippen LogP contribution in [0, 0.1) is 31.4 Å². The highest BCUT2D eigenvalue weighted by Crippen LogP contribution is 2.22. The van der Waals surface area contributed by atoms with Gasteiger partial charge in [0.2, 0.25) is 5.91 Å². The smallest absolute Gasteiger partial charge is 0.256 e. The average Bonchev–Trinajstić information content (AvgIpc) is 3.11. The number of amides is 2. The number of para-hydroxylation sites is 1. The molecule has 172 valence electrons. The number of hydrogen-bond acceptors (Lipinski definition) is 3. The van der Waals surface area contributed by atoms with Gasteiger partial charge in [-0.15, -0.1) is 0 Å². The van der Waals surface area contributed by atoms with E-state index < -0.39 is 17.5 Å². The summed E-state index contributed by atoms with van der Waals surface area (Å²) in [5.74, 6) is -2.37. The first-order valence-electron chi connectivity index (χ1n) is 11.0. The molecular weight excluding hydrogens is 426 g/mol. The van der Waals surface area contributed by atoms with Crippen LogP contribution in [0.25, 0.3) is 5.69 Å². The molecule has 0 saturated carbocycles. The van der Waals surface area contributed by atoms with E-state index in [2.05, 4.69) is 10.4 Å². The summed E-state index contributed by atoms with van der Waals surface area (Å²) in [4.78, 5) is 26.8. The van der Waals surface area contributed by atoms with Crippen molar-refractivity contribution in [1.82, 2.24) is 20.0 Å². The molecule has 0 radical (unpaired) electrons. The van der Waals surface area contributed by atoms with Crippen molar-refractivity contribution in [2.45, 2.75) is 33.2 Å². The lowest BCUT2D eigenvalue weighted by Gasteiger charge is -2.31. The molecule has 1 aliphatic heterocycles. The molecule has 0 spiro atoms. The largest absolute Gasteiger partial charge is 0.352 e. The van der Waals surface area contributed by atoms with Gasteiger partial charge in [-0.1, -0.05) is 18.2 Å². The summed E-state index contributed by atoms with van der Waals surface area (Å²) in [7, 11) is 0. The third-order valence-corrected chi connectivity index (χ3v) is 6.20. The lowest BCUT2D eigenvalue weighted by atomic mass is 9.95. The van der Waals surface area contributed by atoms with Gasteiger partial charge in [0.1, 0.15) is 11.6 Å². The molecule has 1 saturated heterocycles. The van der Waals surface area contributed by atoms with Crippen LogP contribution in [0.1, 0.15) is 40.2 Å². The molecule has 8 heteroatoms. The van der Waals surface area contributed by atoms with Crippen molar-refractivity contribution in [3.8, 4) is 5.69 Å². The number of piperidine rings is 1. The second-order valence-corrected chi connectivity index (χ2v) is 8.31. The molecule has 2 heterocycles. The molecule has 0 bridgehead atoms. The Morgan fingerprint density at radius 2 is 1.76 bits per heavy atom. The van der Waals surface area contributed by atoms with Crippen LogP contribution in [0.3, 0.4) is 0 Å². The Morgan fingerprint density at radius 3 is 2.42 bits per heavy atom. The Labute approximate surface area is 191 Å². The topological polar surface area (TPSA) is 67.2 Å². The number of hydrogen-bond donors (Lipinski definition) is 1. The molecular formula is C25H26F2N4O2. The molecule has 6 nitrogen and oxygen atoms in total. The number of carbonyl (C=O) groups excluding carboxylic acids is 2. The summed E-state index contributed by atoms with van der Waals surface area (Å²) in [6.45, 7) is 4.97. The van der Waals surface area contributed by atoms with E-state index >= 15 is 0 Å². The molecule has 4 rings (SSSR count). The predicted octanol–water partition coefficient (Wildman–Crippen LogP) is 3.94. The molecule has 2 amide bonds. The summed E-state index contributed by atoms with van der Waals surface area (Å²) in [5.41, 5.74) is 3.62. The summed E-state index contributed by atoms with van der Waals surface area (Å²) in [5, 5.41) is 7.62. The highest BCUT2D eigenvalue weighted by molar-refractivity contribution is 5.94. The Kier molecular flexibility index (Phi) is 6.53. The Hall–Kier alpha value is -3.55. The molecule has 33 heavy (non-hydrogen) atoms. The number of rotatable bonds is 5. The molecule has 0 atom stereocenters. The number of nitrogens with one attached hydrogen (secondary N) is 1. The summed E-state index contributed by atoms with van der Waals surface area (Å²) >= 11 is 0. The predicted molar refractivity (Wildman–Crippen MR) is 120 cm³/mol. The van der Waals surface area contributed by atoms with Gasteiger partial charge < -0.3 is 10.2 Å². The molecule has 0 unspecified atom stereocenters. The third-order valence-electron chi connectivity index (χ3n) is 6.20. The van der Waals surface area contributed by atoms with Crippen molar-refractivity contribution < 1.29 is 18.4 Å². The lowest BCUT2D eigenvalue weighted by Crippen LogP contribution is -2.43. The molecule has 1 fully saturated rings. The molecule has 1 aromatic heterocycles. The van der Waals surface area contributed by atoms with E-state index in [0.717, 1.165) is 34.8 Å². The van der Waals surface area contributed by atoms with Crippen LogP contribution in [0.5, 0.6) is 0 Å². The van der Waals surface area contributed by atoms with E-state index in [4.69, 9.17) is 0 Å². The van der Waals surface area contributed by atoms with Crippen molar-refractivity contribution in [2.75, 3.05) is 13.1 Å². The molecule has 0 aliphatic carbocycles. The number of nitrogens with zero attached hydrogens (tertiary/aromatic N) is 3. The van der Waals surface area contributed by atoms with Crippen LogP contribution < -0.4 is 5.32 Å². The molecule has 2 aromatic carbocycles. The molecule has 1 N–H and O–H groups in total. The maximum Gasteiger partial charge on any atom is 0.256 e. The van der Waals surface area contributed by atoms with Crippen LogP contribution in [0.4, 0.5) is 8.78 Å². The van der Waals surface area contributed by atoms with Gasteiger partial charge in [-0.25, -0.2) is 13.5 Å². The third kappa shape index (κ3) is 4.79. The average molecular weight is 453 g/mol. The maximum absolute atomic E-state index is 13.9. The van der Waals surface area contributed by atoms with E-state index in [0.29, 0.717) is 38.5 Å². The first-order chi connectivity index (χ1) is 15.8. The fourth-order valence-electron chi connectivity index (χ4n) is 4.25. The van der Waals surface area contributed by atoms with Gasteiger partial charge in [0.15, 0.2) is 0 Å². The van der Waals surface area contributed by atoms with Crippen LogP contribution >= 0.6 is 0 Å². The van der Waals surface area contributed by atoms with Gasteiger partial charge in [-0.2, -0.15) is 5.10 Å². The monoisotopic (exact) mass is 452 g/mol. The van der Waals surface area contributed by atoms with Gasteiger partial charge in [0, 0.05) is 42.9 Å². The first-order valence-corrected chi connectivity index (χ1v) is 11.0. The van der Waals surface area contributed by atoms with Crippen LogP contribution in [0.2, 0.25) is 0 Å². The minimum absolute atomic E-state index is 0.0682. The highest BCUT2D eigenvalue weighted by atomic mass is 19.1. The number of carbonyl (C=O) groups is 2. The Bertz CT molecular complexity index is 1170. The van der Waals surface area contributed by atoms with E-state index in [1.807, 2.05) is 48.9 Å². The zero-order chi connectivity index (χ0) is 23.5. The van der Waals surface area contributed by atoms with Gasteiger partial charge in [0.25, 0.3) is 5.91 Å². The standard InChI is InChI=1S/C25H26F2N4O2/c1-16-22(17(2)31(29-16)20-6-4-3-5-7-20)15-28-24(32)18-10-12-30(13-11-18)25(33)21-9-8-19(26)14-23(21)27/h3-9,14,18H,10-13,15H2,1-2H3,(H,28,32). The van der Waals surface area contributed by atoms with Crippen molar-refractivity contribution in [3.63, 3.8) is 0 Å². The van der Waals surface area contributed by atoms with Crippen LogP contribution in [-0.2, 0) is 11.3 Å². The van der Waals surface area contributed by atoms with Crippen molar-refractivity contribution in [3.05, 3.63) is 82.7 Å². The van der Waals surface area contributed by atoms with Gasteiger partial charge in [-0.3, -0.25) is 9.59 Å². The van der Waals surface area contributed by atoms with Crippen LogP contribution in [0.15, 0.2) is 48.5 Å². The SMILES string of the molecule is Cc1nn(-c2ccccc2)c(C)c1CNC(=O)C1CCN(C(=O)c2ccc(F)cc2F)CC1. The van der Waals surface area contributed by atoms with E-state index in [1.54, 1.807) is 0 Å². The van der Waals surface area contributed by atoms with Gasteiger partial charge >= 0.3 is 0 Å². The highest BCUT2D eigenvalue weighted by Gasteiger charge is 2.29. The van der Waals surface area contributed by atoms with E-state index in [1.165, 1.54) is 4.90 Å². The van der Waals surface area contributed by atoms with Crippen molar-refractivity contribution in [1.29, 1.82) is 0 Å². The number of likely N-dealkylation sites (tertiary alicyclic amines) is 1. The van der Waals surface area contributed by atoms with E-state index in [-0.39, 0.29) is 17.4 Å².